The number of nitrogens with two attached hydrogens (primary N) is 1. The van der Waals surface area contributed by atoms with Gasteiger partial charge in [0.05, 0.1) is 12.8 Å². The Hall–Kier alpha value is -0.870. The van der Waals surface area contributed by atoms with Crippen LogP contribution < -0.4 is 5.73 Å². The van der Waals surface area contributed by atoms with E-state index in [9.17, 15) is 5.11 Å². The van der Waals surface area contributed by atoms with Crippen LogP contribution in [0.15, 0.2) is 12.4 Å². The van der Waals surface area contributed by atoms with Crippen molar-refractivity contribution in [3.8, 4) is 0 Å². The minimum atomic E-state index is -0.0803. The largest absolute Gasteiger partial charge is 0.396 e. The molecule has 0 amide bonds. The van der Waals surface area contributed by atoms with Gasteiger partial charge in [0.1, 0.15) is 0 Å². The second-order valence-corrected chi connectivity index (χ2v) is 4.30. The third-order valence-electron chi connectivity index (χ3n) is 3.41. The molecule has 0 bridgehead atoms. The first-order valence-corrected chi connectivity index (χ1v) is 5.03. The Kier molecular flexibility index (Phi) is 2.33. The summed E-state index contributed by atoms with van der Waals surface area (Å²) in [6.45, 7) is 0.184. The van der Waals surface area contributed by atoms with E-state index in [1.807, 2.05) is 13.2 Å². The molecule has 1 aromatic rings. The van der Waals surface area contributed by atoms with Crippen LogP contribution in [0.1, 0.15) is 30.9 Å². The van der Waals surface area contributed by atoms with E-state index in [1.165, 1.54) is 6.42 Å². The standard InChI is InChI=1S/C10H17N3O/c1-13-6-8(5-12-13)9(11)10(7-14)3-2-4-10/h5-6,9,14H,2-4,7,11H2,1H3/t9-/m0/s1. The van der Waals surface area contributed by atoms with Crippen molar-refractivity contribution in [2.45, 2.75) is 25.3 Å². The summed E-state index contributed by atoms with van der Waals surface area (Å²) in [6.07, 6.45) is 6.95. The summed E-state index contributed by atoms with van der Waals surface area (Å²) in [5.74, 6) is 0. The summed E-state index contributed by atoms with van der Waals surface area (Å²) in [5, 5.41) is 13.5. The first-order chi connectivity index (χ1) is 6.68. The maximum Gasteiger partial charge on any atom is 0.0537 e. The van der Waals surface area contributed by atoms with Crippen molar-refractivity contribution < 1.29 is 5.11 Å². The molecule has 3 N–H and O–H groups in total. The van der Waals surface area contributed by atoms with Gasteiger partial charge < -0.3 is 10.8 Å². The zero-order chi connectivity index (χ0) is 10.2. The Labute approximate surface area is 83.7 Å². The molecule has 1 atom stereocenters. The van der Waals surface area contributed by atoms with E-state index in [4.69, 9.17) is 5.73 Å². The van der Waals surface area contributed by atoms with Crippen molar-refractivity contribution in [2.24, 2.45) is 18.2 Å². The van der Waals surface area contributed by atoms with Crippen LogP contribution >= 0.6 is 0 Å². The van der Waals surface area contributed by atoms with Gasteiger partial charge in [-0.25, -0.2) is 0 Å². The molecule has 14 heavy (non-hydrogen) atoms. The van der Waals surface area contributed by atoms with Crippen molar-refractivity contribution in [3.05, 3.63) is 18.0 Å². The Morgan fingerprint density at radius 2 is 2.43 bits per heavy atom. The number of aromatic nitrogens is 2. The van der Waals surface area contributed by atoms with E-state index in [0.717, 1.165) is 18.4 Å². The molecule has 1 aliphatic carbocycles. The molecule has 1 fully saturated rings. The van der Waals surface area contributed by atoms with Crippen LogP contribution in [0, 0.1) is 5.41 Å². The number of aliphatic hydroxyl groups excluding tert-OH is 1. The average molecular weight is 195 g/mol. The van der Waals surface area contributed by atoms with Gasteiger partial charge >= 0.3 is 0 Å². The molecule has 0 saturated heterocycles. The average Bonchev–Trinajstić information content (AvgIpc) is 2.50. The topological polar surface area (TPSA) is 64.1 Å². The van der Waals surface area contributed by atoms with Gasteiger partial charge in [0.15, 0.2) is 0 Å². The minimum Gasteiger partial charge on any atom is -0.396 e. The van der Waals surface area contributed by atoms with Gasteiger partial charge in [-0.15, -0.1) is 0 Å². The fraction of sp³-hybridized carbons (Fsp3) is 0.700. The molecule has 0 aromatic carbocycles. The van der Waals surface area contributed by atoms with E-state index in [2.05, 4.69) is 5.10 Å². The quantitative estimate of drug-likeness (QED) is 0.741. The van der Waals surface area contributed by atoms with E-state index in [0.29, 0.717) is 0 Å². The van der Waals surface area contributed by atoms with Crippen LogP contribution in [-0.2, 0) is 7.05 Å². The number of rotatable bonds is 3. The van der Waals surface area contributed by atoms with Crippen LogP contribution in [0.3, 0.4) is 0 Å². The SMILES string of the molecule is Cn1cc([C@H](N)C2(CO)CCC2)cn1. The Bertz CT molecular complexity index is 311. The Morgan fingerprint density at radius 1 is 1.71 bits per heavy atom. The third kappa shape index (κ3) is 1.35. The van der Waals surface area contributed by atoms with Crippen LogP contribution in [0.25, 0.3) is 0 Å². The van der Waals surface area contributed by atoms with Crippen molar-refractivity contribution in [3.63, 3.8) is 0 Å². The monoisotopic (exact) mass is 195 g/mol. The molecular weight excluding hydrogens is 178 g/mol. The highest BCUT2D eigenvalue weighted by Crippen LogP contribution is 2.48. The smallest absolute Gasteiger partial charge is 0.0537 e. The van der Waals surface area contributed by atoms with Gasteiger partial charge in [0.2, 0.25) is 0 Å². The van der Waals surface area contributed by atoms with Crippen molar-refractivity contribution in [2.75, 3.05) is 6.61 Å². The molecule has 2 rings (SSSR count). The van der Waals surface area contributed by atoms with E-state index in [-0.39, 0.29) is 18.1 Å². The maximum atomic E-state index is 9.37. The second-order valence-electron chi connectivity index (χ2n) is 4.30. The van der Waals surface area contributed by atoms with Crippen molar-refractivity contribution in [1.82, 2.24) is 9.78 Å². The van der Waals surface area contributed by atoms with Gasteiger partial charge in [-0.05, 0) is 12.8 Å². The zero-order valence-corrected chi connectivity index (χ0v) is 8.48. The molecule has 1 aliphatic rings. The molecule has 0 unspecified atom stereocenters. The molecule has 78 valence electrons. The predicted molar refractivity (Wildman–Crippen MR) is 53.5 cm³/mol. The molecule has 4 heteroatoms. The lowest BCUT2D eigenvalue weighted by atomic mass is 9.63. The summed E-state index contributed by atoms with van der Waals surface area (Å²) in [7, 11) is 1.88. The summed E-state index contributed by atoms with van der Waals surface area (Å²) in [6, 6.07) is -0.0741. The lowest BCUT2D eigenvalue weighted by Crippen LogP contribution is -2.43. The summed E-state index contributed by atoms with van der Waals surface area (Å²) >= 11 is 0. The van der Waals surface area contributed by atoms with Crippen LogP contribution in [0.2, 0.25) is 0 Å². The first kappa shape index (κ1) is 9.68. The van der Waals surface area contributed by atoms with Gasteiger partial charge in [-0.1, -0.05) is 6.42 Å². The zero-order valence-electron chi connectivity index (χ0n) is 8.48. The molecule has 0 aliphatic heterocycles. The maximum absolute atomic E-state index is 9.37. The van der Waals surface area contributed by atoms with Gasteiger partial charge in [0, 0.05) is 30.3 Å². The number of hydrogen-bond acceptors (Lipinski definition) is 3. The lowest BCUT2D eigenvalue weighted by molar-refractivity contribution is 0.0184. The highest BCUT2D eigenvalue weighted by molar-refractivity contribution is 5.16. The molecule has 1 heterocycles. The van der Waals surface area contributed by atoms with Gasteiger partial charge in [-0.3, -0.25) is 4.68 Å². The third-order valence-corrected chi connectivity index (χ3v) is 3.41. The van der Waals surface area contributed by atoms with Crippen molar-refractivity contribution >= 4 is 0 Å². The number of hydrogen-bond donors (Lipinski definition) is 2. The van der Waals surface area contributed by atoms with E-state index < -0.39 is 0 Å². The molecule has 4 nitrogen and oxygen atoms in total. The highest BCUT2D eigenvalue weighted by atomic mass is 16.3. The normalized spacial score (nSPS) is 21.6. The summed E-state index contributed by atoms with van der Waals surface area (Å²) in [4.78, 5) is 0. The van der Waals surface area contributed by atoms with Crippen LogP contribution in [-0.4, -0.2) is 21.5 Å². The highest BCUT2D eigenvalue weighted by Gasteiger charge is 2.42. The van der Waals surface area contributed by atoms with Gasteiger partial charge in [-0.2, -0.15) is 5.10 Å². The van der Waals surface area contributed by atoms with Crippen molar-refractivity contribution in [1.29, 1.82) is 0 Å². The van der Waals surface area contributed by atoms with E-state index >= 15 is 0 Å². The molecule has 0 radical (unpaired) electrons. The fourth-order valence-corrected chi connectivity index (χ4v) is 2.15. The summed E-state index contributed by atoms with van der Waals surface area (Å²) < 4.78 is 1.75. The Morgan fingerprint density at radius 3 is 2.79 bits per heavy atom. The fourth-order valence-electron chi connectivity index (χ4n) is 2.15. The molecule has 1 aromatic heterocycles. The second kappa shape index (κ2) is 3.37. The molecule has 1 saturated carbocycles. The molecule has 0 spiro atoms. The molecular formula is C10H17N3O. The first-order valence-electron chi connectivity index (χ1n) is 5.03. The summed E-state index contributed by atoms with van der Waals surface area (Å²) in [5.41, 5.74) is 7.09. The number of nitrogens with zero attached hydrogens (tertiary/aromatic N) is 2. The minimum absolute atomic E-state index is 0.0741. The van der Waals surface area contributed by atoms with Crippen LogP contribution in [0.5, 0.6) is 0 Å². The number of aryl methyl sites for hydroxylation is 1. The number of aliphatic hydroxyl groups is 1. The lowest BCUT2D eigenvalue weighted by Gasteiger charge is -2.44. The van der Waals surface area contributed by atoms with E-state index in [1.54, 1.807) is 10.9 Å². The van der Waals surface area contributed by atoms with Crippen LogP contribution in [0.4, 0.5) is 0 Å². The Balaban J connectivity index is 2.18. The van der Waals surface area contributed by atoms with Gasteiger partial charge in [0.25, 0.3) is 0 Å². The predicted octanol–water partition coefficient (Wildman–Crippen LogP) is 0.582.